The van der Waals surface area contributed by atoms with E-state index in [0.717, 1.165) is 32.0 Å². The lowest BCUT2D eigenvalue weighted by Crippen LogP contribution is -2.42. The van der Waals surface area contributed by atoms with Crippen LogP contribution in [0.15, 0.2) is 16.6 Å². The maximum Gasteiger partial charge on any atom is 0.241 e. The molecule has 1 heterocycles. The maximum absolute atomic E-state index is 13.6. The second-order valence-electron chi connectivity index (χ2n) is 5.19. The maximum atomic E-state index is 13.6. The summed E-state index contributed by atoms with van der Waals surface area (Å²) in [6.07, 6.45) is 2.14. The van der Waals surface area contributed by atoms with E-state index in [1.54, 1.807) is 4.90 Å². The van der Waals surface area contributed by atoms with E-state index >= 15 is 0 Å². The van der Waals surface area contributed by atoms with E-state index in [9.17, 15) is 13.6 Å². The zero-order valence-corrected chi connectivity index (χ0v) is 12.8. The highest BCUT2D eigenvalue weighted by molar-refractivity contribution is 9.10. The molecule has 1 unspecified atom stereocenters. The first-order valence-electron chi connectivity index (χ1n) is 6.63. The SMILES string of the molecule is CC1CCCN(C(=O)CNc2c(F)cc(F)cc2Br)C1. The van der Waals surface area contributed by atoms with Crippen LogP contribution in [-0.2, 0) is 4.79 Å². The number of amides is 1. The van der Waals surface area contributed by atoms with Crippen LogP contribution in [0.1, 0.15) is 19.8 Å². The number of carbonyl (C=O) groups is 1. The van der Waals surface area contributed by atoms with Gasteiger partial charge in [-0.3, -0.25) is 4.79 Å². The van der Waals surface area contributed by atoms with Crippen molar-refractivity contribution in [1.82, 2.24) is 4.90 Å². The first-order chi connectivity index (χ1) is 9.47. The Morgan fingerprint density at radius 1 is 1.50 bits per heavy atom. The Balaban J connectivity index is 1.96. The fraction of sp³-hybridized carbons (Fsp3) is 0.500. The molecule has 0 bridgehead atoms. The number of nitrogens with one attached hydrogen (secondary N) is 1. The second-order valence-corrected chi connectivity index (χ2v) is 6.04. The van der Waals surface area contributed by atoms with Crippen molar-refractivity contribution in [3.8, 4) is 0 Å². The summed E-state index contributed by atoms with van der Waals surface area (Å²) < 4.78 is 26.8. The zero-order valence-electron chi connectivity index (χ0n) is 11.3. The number of anilines is 1. The molecule has 1 atom stereocenters. The summed E-state index contributed by atoms with van der Waals surface area (Å²) in [6, 6.07) is 1.96. The summed E-state index contributed by atoms with van der Waals surface area (Å²) in [5, 5.41) is 2.74. The lowest BCUT2D eigenvalue weighted by molar-refractivity contribution is -0.130. The van der Waals surface area contributed by atoms with Gasteiger partial charge in [-0.05, 0) is 40.8 Å². The molecule has 1 aromatic rings. The first kappa shape index (κ1) is 15.2. The molecule has 3 nitrogen and oxygen atoms in total. The Morgan fingerprint density at radius 3 is 2.90 bits per heavy atom. The number of halogens is 3. The first-order valence-corrected chi connectivity index (χ1v) is 7.43. The standard InChI is InChI=1S/C14H17BrF2N2O/c1-9-3-2-4-19(8-9)13(20)7-18-14-11(15)5-10(16)6-12(14)17/h5-6,9,18H,2-4,7-8H2,1H3. The third-order valence-electron chi connectivity index (χ3n) is 3.43. The molecule has 1 fully saturated rings. The van der Waals surface area contributed by atoms with Gasteiger partial charge in [0.1, 0.15) is 11.6 Å². The van der Waals surface area contributed by atoms with Gasteiger partial charge in [0.2, 0.25) is 5.91 Å². The summed E-state index contributed by atoms with van der Waals surface area (Å²) in [5.41, 5.74) is 0.116. The van der Waals surface area contributed by atoms with Crippen LogP contribution < -0.4 is 5.32 Å². The van der Waals surface area contributed by atoms with E-state index in [0.29, 0.717) is 5.92 Å². The second kappa shape index (κ2) is 6.52. The number of rotatable bonds is 3. The van der Waals surface area contributed by atoms with E-state index in [-0.39, 0.29) is 22.6 Å². The van der Waals surface area contributed by atoms with E-state index in [4.69, 9.17) is 0 Å². The highest BCUT2D eigenvalue weighted by atomic mass is 79.9. The van der Waals surface area contributed by atoms with Crippen LogP contribution in [0.5, 0.6) is 0 Å². The molecule has 20 heavy (non-hydrogen) atoms. The zero-order chi connectivity index (χ0) is 14.7. The van der Waals surface area contributed by atoms with Crippen molar-refractivity contribution in [2.24, 2.45) is 5.92 Å². The lowest BCUT2D eigenvalue weighted by Gasteiger charge is -2.31. The molecule has 1 saturated heterocycles. The van der Waals surface area contributed by atoms with Crippen molar-refractivity contribution in [3.63, 3.8) is 0 Å². The Kier molecular flexibility index (Phi) is 4.96. The number of nitrogens with zero attached hydrogens (tertiary/aromatic N) is 1. The smallest absolute Gasteiger partial charge is 0.241 e. The van der Waals surface area contributed by atoms with Gasteiger partial charge in [-0.15, -0.1) is 0 Å². The molecule has 0 radical (unpaired) electrons. The average Bonchev–Trinajstić information content (AvgIpc) is 2.37. The minimum absolute atomic E-state index is 0.00781. The van der Waals surface area contributed by atoms with Gasteiger partial charge >= 0.3 is 0 Å². The van der Waals surface area contributed by atoms with Gasteiger partial charge in [0.25, 0.3) is 0 Å². The summed E-state index contributed by atoms with van der Waals surface area (Å²) >= 11 is 3.09. The van der Waals surface area contributed by atoms with Gasteiger partial charge in [0.15, 0.2) is 0 Å². The number of hydrogen-bond donors (Lipinski definition) is 1. The predicted octanol–water partition coefficient (Wildman–Crippen LogP) is 3.40. The molecule has 110 valence electrons. The van der Waals surface area contributed by atoms with Gasteiger partial charge in [-0.2, -0.15) is 0 Å². The van der Waals surface area contributed by atoms with Crippen LogP contribution >= 0.6 is 15.9 Å². The Hall–Kier alpha value is -1.17. The third kappa shape index (κ3) is 3.69. The molecule has 1 amide bonds. The van der Waals surface area contributed by atoms with Crippen LogP contribution in [0, 0.1) is 17.6 Å². The third-order valence-corrected chi connectivity index (χ3v) is 4.06. The quantitative estimate of drug-likeness (QED) is 0.909. The van der Waals surface area contributed by atoms with Crippen LogP contribution in [0.2, 0.25) is 0 Å². The number of benzene rings is 1. The largest absolute Gasteiger partial charge is 0.373 e. The van der Waals surface area contributed by atoms with Crippen LogP contribution in [0.25, 0.3) is 0 Å². The number of carbonyl (C=O) groups excluding carboxylic acids is 1. The van der Waals surface area contributed by atoms with Crippen molar-refractivity contribution in [2.45, 2.75) is 19.8 Å². The summed E-state index contributed by atoms with van der Waals surface area (Å²) in [5.74, 6) is -0.929. The topological polar surface area (TPSA) is 32.3 Å². The lowest BCUT2D eigenvalue weighted by atomic mass is 10.0. The molecule has 0 aliphatic carbocycles. The van der Waals surface area contributed by atoms with Crippen molar-refractivity contribution in [2.75, 3.05) is 25.0 Å². The van der Waals surface area contributed by atoms with E-state index in [2.05, 4.69) is 28.2 Å². The monoisotopic (exact) mass is 346 g/mol. The molecular formula is C14H17BrF2N2O. The molecule has 6 heteroatoms. The van der Waals surface area contributed by atoms with Gasteiger partial charge in [-0.1, -0.05) is 6.92 Å². The molecule has 1 aliphatic heterocycles. The fourth-order valence-corrected chi connectivity index (χ4v) is 2.95. The summed E-state index contributed by atoms with van der Waals surface area (Å²) in [4.78, 5) is 13.8. The van der Waals surface area contributed by atoms with E-state index < -0.39 is 11.6 Å². The summed E-state index contributed by atoms with van der Waals surface area (Å²) in [7, 11) is 0. The van der Waals surface area contributed by atoms with Gasteiger partial charge < -0.3 is 10.2 Å². The highest BCUT2D eigenvalue weighted by Gasteiger charge is 2.21. The Bertz CT molecular complexity index is 487. The molecule has 0 spiro atoms. The predicted molar refractivity (Wildman–Crippen MR) is 77.5 cm³/mol. The van der Waals surface area contributed by atoms with Gasteiger partial charge in [0, 0.05) is 23.6 Å². The molecule has 1 aromatic carbocycles. The van der Waals surface area contributed by atoms with Crippen molar-refractivity contribution < 1.29 is 13.6 Å². The van der Waals surface area contributed by atoms with E-state index in [1.807, 2.05) is 0 Å². The minimum Gasteiger partial charge on any atom is -0.373 e. The Morgan fingerprint density at radius 2 is 2.25 bits per heavy atom. The molecule has 1 aliphatic rings. The van der Waals surface area contributed by atoms with Gasteiger partial charge in [0.05, 0.1) is 12.2 Å². The molecular weight excluding hydrogens is 330 g/mol. The molecule has 0 aromatic heterocycles. The fourth-order valence-electron chi connectivity index (χ4n) is 2.40. The number of likely N-dealkylation sites (tertiary alicyclic amines) is 1. The van der Waals surface area contributed by atoms with Crippen molar-refractivity contribution >= 4 is 27.5 Å². The average molecular weight is 347 g/mol. The van der Waals surface area contributed by atoms with Crippen LogP contribution in [-0.4, -0.2) is 30.4 Å². The summed E-state index contributed by atoms with van der Waals surface area (Å²) in [6.45, 7) is 3.61. The van der Waals surface area contributed by atoms with E-state index in [1.165, 1.54) is 6.07 Å². The van der Waals surface area contributed by atoms with Crippen LogP contribution in [0.3, 0.4) is 0 Å². The molecule has 0 saturated carbocycles. The highest BCUT2D eigenvalue weighted by Crippen LogP contribution is 2.26. The molecule has 1 N–H and O–H groups in total. The minimum atomic E-state index is -0.711. The number of piperidine rings is 1. The van der Waals surface area contributed by atoms with Gasteiger partial charge in [-0.25, -0.2) is 8.78 Å². The van der Waals surface area contributed by atoms with Crippen LogP contribution in [0.4, 0.5) is 14.5 Å². The Labute approximate surface area is 125 Å². The molecule has 2 rings (SSSR count). The normalized spacial score (nSPS) is 19.0. The van der Waals surface area contributed by atoms with Crippen molar-refractivity contribution in [1.29, 1.82) is 0 Å². The van der Waals surface area contributed by atoms with Crippen molar-refractivity contribution in [3.05, 3.63) is 28.2 Å². The number of hydrogen-bond acceptors (Lipinski definition) is 2.